The minimum Gasteiger partial charge on any atom is -0.348 e. The van der Waals surface area contributed by atoms with Gasteiger partial charge in [0, 0.05) is 47.6 Å². The first-order valence-corrected chi connectivity index (χ1v) is 11.4. The van der Waals surface area contributed by atoms with Crippen LogP contribution in [0.25, 0.3) is 22.0 Å². The second kappa shape index (κ2) is 9.02. The first kappa shape index (κ1) is 22.8. The zero-order valence-corrected chi connectivity index (χ0v) is 19.0. The Bertz CT molecular complexity index is 1360. The fourth-order valence-electron chi connectivity index (χ4n) is 4.55. The van der Waals surface area contributed by atoms with E-state index in [4.69, 9.17) is 0 Å². The van der Waals surface area contributed by atoms with Gasteiger partial charge in [0.1, 0.15) is 5.69 Å². The Morgan fingerprint density at radius 3 is 2.17 bits per heavy atom. The topological polar surface area (TPSA) is 49.3 Å². The summed E-state index contributed by atoms with van der Waals surface area (Å²) in [6, 6.07) is 21.8. The second-order valence-corrected chi connectivity index (χ2v) is 8.65. The number of alkyl halides is 3. The predicted molar refractivity (Wildman–Crippen MR) is 129 cm³/mol. The Hall–Kier alpha value is -3.94. The van der Waals surface area contributed by atoms with E-state index in [9.17, 15) is 18.0 Å². The molecule has 0 spiro atoms. The number of halogens is 3. The van der Waals surface area contributed by atoms with Gasteiger partial charge in [-0.3, -0.25) is 4.79 Å². The summed E-state index contributed by atoms with van der Waals surface area (Å²) in [4.78, 5) is 16.9. The van der Waals surface area contributed by atoms with Crippen LogP contribution in [0.3, 0.4) is 0 Å². The molecular formula is C27H23F3N4O. The molecule has 1 aromatic heterocycles. The van der Waals surface area contributed by atoms with E-state index >= 15 is 0 Å². The normalized spacial score (nSPS) is 16.5. The minimum absolute atomic E-state index is 0.00527. The van der Waals surface area contributed by atoms with Crippen LogP contribution in [0.4, 0.5) is 19.0 Å². The molecule has 0 bridgehead atoms. The lowest BCUT2D eigenvalue weighted by Crippen LogP contribution is -2.54. The van der Waals surface area contributed by atoms with Gasteiger partial charge in [-0.25, -0.2) is 0 Å². The summed E-state index contributed by atoms with van der Waals surface area (Å²) < 4.78 is 39.0. The number of piperazine rings is 1. The van der Waals surface area contributed by atoms with Crippen molar-refractivity contribution in [2.24, 2.45) is 0 Å². The number of nitrogens with zero attached hydrogens (tertiary/aromatic N) is 4. The predicted octanol–water partition coefficient (Wildman–Crippen LogP) is 5.67. The van der Waals surface area contributed by atoms with Gasteiger partial charge in [-0.15, -0.1) is 10.2 Å². The van der Waals surface area contributed by atoms with Crippen LogP contribution in [-0.4, -0.2) is 46.7 Å². The molecule has 1 aliphatic heterocycles. The summed E-state index contributed by atoms with van der Waals surface area (Å²) in [5, 5.41) is 10.6. The molecule has 1 amide bonds. The van der Waals surface area contributed by atoms with Gasteiger partial charge >= 0.3 is 6.18 Å². The van der Waals surface area contributed by atoms with Crippen molar-refractivity contribution in [2.75, 3.05) is 24.5 Å². The molecule has 5 rings (SSSR count). The van der Waals surface area contributed by atoms with Crippen LogP contribution in [0.1, 0.15) is 22.8 Å². The van der Waals surface area contributed by atoms with Crippen LogP contribution >= 0.6 is 0 Å². The van der Waals surface area contributed by atoms with Gasteiger partial charge < -0.3 is 9.80 Å². The third-order valence-electron chi connectivity index (χ3n) is 6.36. The molecule has 1 fully saturated rings. The average molecular weight is 477 g/mol. The molecule has 1 aliphatic rings. The van der Waals surface area contributed by atoms with Gasteiger partial charge in [-0.1, -0.05) is 54.6 Å². The molecule has 1 atom stereocenters. The lowest BCUT2D eigenvalue weighted by molar-refractivity contribution is -0.137. The lowest BCUT2D eigenvalue weighted by Gasteiger charge is -2.40. The Morgan fingerprint density at radius 1 is 0.857 bits per heavy atom. The van der Waals surface area contributed by atoms with Crippen molar-refractivity contribution >= 4 is 22.5 Å². The smallest absolute Gasteiger partial charge is 0.348 e. The van der Waals surface area contributed by atoms with Crippen LogP contribution in [0.5, 0.6) is 0 Å². The highest BCUT2D eigenvalue weighted by atomic mass is 19.4. The van der Waals surface area contributed by atoms with Crippen molar-refractivity contribution < 1.29 is 18.0 Å². The van der Waals surface area contributed by atoms with Gasteiger partial charge in [0.05, 0.1) is 5.56 Å². The van der Waals surface area contributed by atoms with Crippen LogP contribution in [-0.2, 0) is 6.18 Å². The number of carbonyl (C=O) groups excluding carboxylic acids is 1. The Kier molecular flexibility index (Phi) is 5.88. The van der Waals surface area contributed by atoms with Crippen molar-refractivity contribution in [3.63, 3.8) is 0 Å². The van der Waals surface area contributed by atoms with E-state index in [0.717, 1.165) is 22.9 Å². The SMILES string of the molecule is C[C@@H]1CN(C(=O)c2ccccc2)CCN1c1nnc(-c2ccc(C(F)(F)F)cc2)c2ccccc12. The molecule has 5 nitrogen and oxygen atoms in total. The zero-order valence-electron chi connectivity index (χ0n) is 19.0. The maximum Gasteiger partial charge on any atom is 0.416 e. The van der Waals surface area contributed by atoms with E-state index in [2.05, 4.69) is 15.1 Å². The van der Waals surface area contributed by atoms with Crippen molar-refractivity contribution in [2.45, 2.75) is 19.1 Å². The third kappa shape index (κ3) is 4.43. The van der Waals surface area contributed by atoms with Gasteiger partial charge in [0.25, 0.3) is 5.91 Å². The Labute approximate surface area is 200 Å². The quantitative estimate of drug-likeness (QED) is 0.383. The van der Waals surface area contributed by atoms with E-state index in [-0.39, 0.29) is 11.9 Å². The molecular weight excluding hydrogens is 453 g/mol. The Morgan fingerprint density at radius 2 is 1.51 bits per heavy atom. The number of anilines is 1. The number of hydrogen-bond donors (Lipinski definition) is 0. The maximum atomic E-state index is 13.0. The summed E-state index contributed by atoms with van der Waals surface area (Å²) in [6.45, 7) is 3.74. The first-order valence-electron chi connectivity index (χ1n) is 11.4. The molecule has 35 heavy (non-hydrogen) atoms. The fourth-order valence-corrected chi connectivity index (χ4v) is 4.55. The van der Waals surface area contributed by atoms with Crippen LogP contribution in [0.2, 0.25) is 0 Å². The number of carbonyl (C=O) groups is 1. The summed E-state index contributed by atoms with van der Waals surface area (Å²) in [5.74, 6) is 0.710. The minimum atomic E-state index is -4.39. The van der Waals surface area contributed by atoms with E-state index in [0.29, 0.717) is 42.3 Å². The van der Waals surface area contributed by atoms with Gasteiger partial charge in [-0.2, -0.15) is 13.2 Å². The van der Waals surface area contributed by atoms with Crippen LogP contribution < -0.4 is 4.90 Å². The number of rotatable bonds is 3. The lowest BCUT2D eigenvalue weighted by atomic mass is 10.0. The van der Waals surface area contributed by atoms with E-state index in [1.165, 1.54) is 12.1 Å². The van der Waals surface area contributed by atoms with Crippen molar-refractivity contribution in [1.82, 2.24) is 15.1 Å². The van der Waals surface area contributed by atoms with Gasteiger partial charge in [0.15, 0.2) is 5.82 Å². The molecule has 178 valence electrons. The molecule has 0 N–H and O–H groups in total. The standard InChI is InChI=1S/C27H23F3N4O/c1-18-17-33(26(35)20-7-3-2-4-8-20)15-16-34(18)25-23-10-6-5-9-22(23)24(31-32-25)19-11-13-21(14-12-19)27(28,29)30/h2-14,18H,15-17H2,1H3/t18-/m1/s1. The summed E-state index contributed by atoms with van der Waals surface area (Å²) in [7, 11) is 0. The molecule has 2 heterocycles. The molecule has 0 aliphatic carbocycles. The monoisotopic (exact) mass is 476 g/mol. The molecule has 0 saturated carbocycles. The van der Waals surface area contributed by atoms with E-state index < -0.39 is 11.7 Å². The highest BCUT2D eigenvalue weighted by Crippen LogP contribution is 2.35. The number of benzene rings is 3. The largest absolute Gasteiger partial charge is 0.416 e. The molecule has 8 heteroatoms. The molecule has 1 saturated heterocycles. The molecule has 0 unspecified atom stereocenters. The highest BCUT2D eigenvalue weighted by molar-refractivity contribution is 6.00. The average Bonchev–Trinajstić information content (AvgIpc) is 2.88. The summed E-state index contributed by atoms with van der Waals surface area (Å²) in [6.07, 6.45) is -4.39. The zero-order chi connectivity index (χ0) is 24.6. The molecule has 4 aromatic rings. The number of fused-ring (bicyclic) bond motifs is 1. The summed E-state index contributed by atoms with van der Waals surface area (Å²) in [5.41, 5.74) is 1.06. The number of aromatic nitrogens is 2. The van der Waals surface area contributed by atoms with Gasteiger partial charge in [0.2, 0.25) is 0 Å². The highest BCUT2D eigenvalue weighted by Gasteiger charge is 2.31. The fraction of sp³-hybridized carbons (Fsp3) is 0.222. The third-order valence-corrected chi connectivity index (χ3v) is 6.36. The van der Waals surface area contributed by atoms with Crippen molar-refractivity contribution in [1.29, 1.82) is 0 Å². The molecule has 0 radical (unpaired) electrons. The molecule has 3 aromatic carbocycles. The Balaban J connectivity index is 1.44. The van der Waals surface area contributed by atoms with Gasteiger partial charge in [-0.05, 0) is 31.2 Å². The number of hydrogen-bond acceptors (Lipinski definition) is 4. The van der Waals surface area contributed by atoms with E-state index in [1.807, 2.05) is 66.4 Å². The van der Waals surface area contributed by atoms with Crippen molar-refractivity contribution in [3.05, 3.63) is 90.0 Å². The van der Waals surface area contributed by atoms with E-state index in [1.54, 1.807) is 0 Å². The first-order chi connectivity index (χ1) is 16.8. The van der Waals surface area contributed by atoms with Crippen LogP contribution in [0, 0.1) is 0 Å². The second-order valence-electron chi connectivity index (χ2n) is 8.65. The summed E-state index contributed by atoms with van der Waals surface area (Å²) >= 11 is 0. The van der Waals surface area contributed by atoms with Crippen molar-refractivity contribution in [3.8, 4) is 11.3 Å². The number of amides is 1. The maximum absolute atomic E-state index is 13.0. The van der Waals surface area contributed by atoms with Crippen LogP contribution in [0.15, 0.2) is 78.9 Å².